The lowest BCUT2D eigenvalue weighted by atomic mass is 9.97. The van der Waals surface area contributed by atoms with Crippen LogP contribution >= 0.6 is 0 Å². The number of aromatic nitrogens is 3. The summed E-state index contributed by atoms with van der Waals surface area (Å²) in [5.41, 5.74) is 0.941. The number of aliphatic hydroxyl groups is 1. The highest BCUT2D eigenvalue weighted by atomic mass is 16.5. The highest BCUT2D eigenvalue weighted by molar-refractivity contribution is 5.92. The van der Waals surface area contributed by atoms with Crippen LogP contribution in [-0.4, -0.2) is 49.7 Å². The number of hydrogen-bond donors (Lipinski definition) is 1. The normalized spacial score (nSPS) is 15.8. The third kappa shape index (κ3) is 3.16. The zero-order valence-corrected chi connectivity index (χ0v) is 13.5. The van der Waals surface area contributed by atoms with E-state index in [0.29, 0.717) is 36.9 Å². The van der Waals surface area contributed by atoms with E-state index in [4.69, 9.17) is 8.94 Å². The summed E-state index contributed by atoms with van der Waals surface area (Å²) in [6.45, 7) is 2.29. The van der Waals surface area contributed by atoms with Gasteiger partial charge in [0.1, 0.15) is 6.26 Å². The molecule has 1 aliphatic rings. The lowest BCUT2D eigenvalue weighted by molar-refractivity contribution is -0.0670. The van der Waals surface area contributed by atoms with Crippen molar-refractivity contribution >= 4 is 5.91 Å². The number of rotatable bonds is 4. The summed E-state index contributed by atoms with van der Waals surface area (Å²) in [7, 11) is 0. The summed E-state index contributed by atoms with van der Waals surface area (Å²) in [6.07, 6.45) is 5.00. The van der Waals surface area contributed by atoms with Crippen molar-refractivity contribution in [3.63, 3.8) is 0 Å². The fraction of sp³-hybridized carbons (Fsp3) is 0.294. The molecule has 0 aromatic carbocycles. The minimum atomic E-state index is -0.813. The van der Waals surface area contributed by atoms with Gasteiger partial charge < -0.3 is 18.9 Å². The van der Waals surface area contributed by atoms with Gasteiger partial charge in [-0.05, 0) is 19.1 Å². The molecular weight excluding hydrogens is 324 g/mol. The van der Waals surface area contributed by atoms with Gasteiger partial charge in [0.05, 0.1) is 30.8 Å². The second kappa shape index (κ2) is 5.82. The molecule has 0 spiro atoms. The second-order valence-electron chi connectivity index (χ2n) is 6.38. The Morgan fingerprint density at radius 3 is 2.84 bits per heavy atom. The largest absolute Gasteiger partial charge is 0.448 e. The summed E-state index contributed by atoms with van der Waals surface area (Å²) in [6, 6.07) is 5.45. The molecular formula is C17H16N4O4. The van der Waals surface area contributed by atoms with Crippen LogP contribution in [0.25, 0.3) is 11.3 Å². The third-order valence-corrected chi connectivity index (χ3v) is 3.98. The van der Waals surface area contributed by atoms with Gasteiger partial charge >= 0.3 is 0 Å². The molecule has 0 radical (unpaired) electrons. The number of nitrogens with zero attached hydrogens (tertiary/aromatic N) is 4. The molecule has 0 saturated carbocycles. The molecule has 128 valence electrons. The number of amides is 1. The van der Waals surface area contributed by atoms with E-state index in [0.717, 1.165) is 5.56 Å². The van der Waals surface area contributed by atoms with Crippen LogP contribution < -0.4 is 0 Å². The van der Waals surface area contributed by atoms with Gasteiger partial charge in [0.15, 0.2) is 11.5 Å². The van der Waals surface area contributed by atoms with Crippen molar-refractivity contribution < 1.29 is 18.8 Å². The fourth-order valence-corrected chi connectivity index (χ4v) is 2.77. The van der Waals surface area contributed by atoms with Crippen molar-refractivity contribution in [1.82, 2.24) is 20.0 Å². The number of β-amino-alcohol motifs (C(OH)–C–C–N with tert-alkyl or cyclic N) is 1. The monoisotopic (exact) mass is 340 g/mol. The Kier molecular flexibility index (Phi) is 3.61. The van der Waals surface area contributed by atoms with Crippen LogP contribution in [0.3, 0.4) is 0 Å². The maximum Gasteiger partial charge on any atom is 0.276 e. The van der Waals surface area contributed by atoms with Gasteiger partial charge in [0.2, 0.25) is 5.89 Å². The predicted molar refractivity (Wildman–Crippen MR) is 85.6 cm³/mol. The summed E-state index contributed by atoms with van der Waals surface area (Å²) in [5, 5.41) is 13.7. The quantitative estimate of drug-likeness (QED) is 0.767. The maximum absolute atomic E-state index is 12.2. The van der Waals surface area contributed by atoms with Crippen LogP contribution in [-0.2, 0) is 6.42 Å². The second-order valence-corrected chi connectivity index (χ2v) is 6.38. The molecule has 1 saturated heterocycles. The van der Waals surface area contributed by atoms with Gasteiger partial charge in [0.25, 0.3) is 5.91 Å². The fourth-order valence-electron chi connectivity index (χ4n) is 2.77. The Balaban J connectivity index is 1.43. The molecule has 0 unspecified atom stereocenters. The van der Waals surface area contributed by atoms with Crippen molar-refractivity contribution in [3.8, 4) is 11.3 Å². The molecule has 4 rings (SSSR count). The van der Waals surface area contributed by atoms with Crippen LogP contribution in [0.5, 0.6) is 0 Å². The molecule has 3 aromatic rings. The van der Waals surface area contributed by atoms with Crippen molar-refractivity contribution in [2.75, 3.05) is 13.1 Å². The standard InChI is InChI=1S/C17H16N4O4/c1-17(23)9-21(10-17)16(22)13-8-24-15(19-13)7-12-6-14(25-20-12)11-2-4-18-5-3-11/h2-6,8,23H,7,9-10H2,1H3. The van der Waals surface area contributed by atoms with Crippen LogP contribution in [0, 0.1) is 0 Å². The first-order valence-electron chi connectivity index (χ1n) is 7.82. The van der Waals surface area contributed by atoms with Gasteiger partial charge in [-0.3, -0.25) is 9.78 Å². The Bertz CT molecular complexity index is 892. The first-order chi connectivity index (χ1) is 12.0. The zero-order valence-electron chi connectivity index (χ0n) is 13.5. The van der Waals surface area contributed by atoms with E-state index < -0.39 is 5.60 Å². The SMILES string of the molecule is CC1(O)CN(C(=O)c2coc(Cc3cc(-c4ccncc4)on3)n2)C1. The van der Waals surface area contributed by atoms with E-state index in [9.17, 15) is 9.90 Å². The molecule has 0 aliphatic carbocycles. The number of carbonyl (C=O) groups excluding carboxylic acids is 1. The maximum atomic E-state index is 12.2. The molecule has 1 aliphatic heterocycles. The lowest BCUT2D eigenvalue weighted by Gasteiger charge is -2.43. The molecule has 8 heteroatoms. The highest BCUT2D eigenvalue weighted by Crippen LogP contribution is 2.23. The summed E-state index contributed by atoms with van der Waals surface area (Å²) in [5.74, 6) is 0.757. The van der Waals surface area contributed by atoms with Crippen LogP contribution in [0.15, 0.2) is 45.8 Å². The summed E-state index contributed by atoms with van der Waals surface area (Å²) >= 11 is 0. The Morgan fingerprint density at radius 2 is 2.12 bits per heavy atom. The average Bonchev–Trinajstić information content (AvgIpc) is 3.23. The molecule has 0 atom stereocenters. The predicted octanol–water partition coefficient (Wildman–Crippen LogP) is 1.52. The number of likely N-dealkylation sites (tertiary alicyclic amines) is 1. The number of oxazole rings is 1. The highest BCUT2D eigenvalue weighted by Gasteiger charge is 2.40. The van der Waals surface area contributed by atoms with E-state index >= 15 is 0 Å². The van der Waals surface area contributed by atoms with Crippen LogP contribution in [0.4, 0.5) is 0 Å². The molecule has 3 aromatic heterocycles. The zero-order chi connectivity index (χ0) is 17.4. The van der Waals surface area contributed by atoms with Gasteiger partial charge in [-0.25, -0.2) is 4.98 Å². The number of carbonyl (C=O) groups is 1. The minimum absolute atomic E-state index is 0.225. The van der Waals surface area contributed by atoms with Crippen LogP contribution in [0.2, 0.25) is 0 Å². The van der Waals surface area contributed by atoms with Crippen molar-refractivity contribution in [2.45, 2.75) is 18.9 Å². The minimum Gasteiger partial charge on any atom is -0.448 e. The van der Waals surface area contributed by atoms with Gasteiger partial charge in [-0.1, -0.05) is 5.16 Å². The topological polar surface area (TPSA) is 105 Å². The van der Waals surface area contributed by atoms with Gasteiger partial charge in [0, 0.05) is 24.0 Å². The molecule has 1 N–H and O–H groups in total. The van der Waals surface area contributed by atoms with E-state index in [2.05, 4.69) is 15.1 Å². The molecule has 25 heavy (non-hydrogen) atoms. The first-order valence-corrected chi connectivity index (χ1v) is 7.82. The van der Waals surface area contributed by atoms with E-state index in [1.165, 1.54) is 11.2 Å². The summed E-state index contributed by atoms with van der Waals surface area (Å²) < 4.78 is 10.7. The molecule has 1 amide bonds. The van der Waals surface area contributed by atoms with E-state index in [1.807, 2.05) is 12.1 Å². The smallest absolute Gasteiger partial charge is 0.276 e. The van der Waals surface area contributed by atoms with E-state index in [1.54, 1.807) is 25.4 Å². The molecule has 8 nitrogen and oxygen atoms in total. The Hall–Kier alpha value is -3.00. The Morgan fingerprint density at radius 1 is 1.36 bits per heavy atom. The van der Waals surface area contributed by atoms with Crippen molar-refractivity contribution in [1.29, 1.82) is 0 Å². The van der Waals surface area contributed by atoms with Crippen molar-refractivity contribution in [2.24, 2.45) is 0 Å². The van der Waals surface area contributed by atoms with Gasteiger partial charge in [-0.2, -0.15) is 0 Å². The lowest BCUT2D eigenvalue weighted by Crippen LogP contribution is -2.61. The Labute approximate surface area is 143 Å². The third-order valence-electron chi connectivity index (χ3n) is 3.98. The molecule has 4 heterocycles. The van der Waals surface area contributed by atoms with Crippen LogP contribution in [0.1, 0.15) is 29.0 Å². The van der Waals surface area contributed by atoms with Gasteiger partial charge in [-0.15, -0.1) is 0 Å². The molecule has 1 fully saturated rings. The first kappa shape index (κ1) is 15.5. The summed E-state index contributed by atoms with van der Waals surface area (Å²) in [4.78, 5) is 21.9. The molecule has 0 bridgehead atoms. The van der Waals surface area contributed by atoms with Crippen molar-refractivity contribution in [3.05, 3.63) is 54.1 Å². The average molecular weight is 340 g/mol. The number of pyridine rings is 1. The number of hydrogen-bond acceptors (Lipinski definition) is 7. The van der Waals surface area contributed by atoms with E-state index in [-0.39, 0.29) is 11.6 Å².